The highest BCUT2D eigenvalue weighted by Crippen LogP contribution is 2.10. The number of nitrogens with zero attached hydrogens (tertiary/aromatic N) is 2. The zero-order valence-electron chi connectivity index (χ0n) is 13.0. The molecule has 0 fully saturated rings. The van der Waals surface area contributed by atoms with E-state index in [0.717, 1.165) is 24.0 Å². The highest BCUT2D eigenvalue weighted by molar-refractivity contribution is 6.03. The van der Waals surface area contributed by atoms with Gasteiger partial charge in [-0.15, -0.1) is 0 Å². The molecule has 1 amide bonds. The second-order valence-corrected chi connectivity index (χ2v) is 5.17. The van der Waals surface area contributed by atoms with Gasteiger partial charge in [0.05, 0.1) is 11.8 Å². The lowest BCUT2D eigenvalue weighted by Gasteiger charge is -2.06. The summed E-state index contributed by atoms with van der Waals surface area (Å²) in [7, 11) is 0. The molecule has 1 aromatic carbocycles. The summed E-state index contributed by atoms with van der Waals surface area (Å²) < 4.78 is 13.7. The van der Waals surface area contributed by atoms with E-state index in [1.54, 1.807) is 12.1 Å². The first-order chi connectivity index (χ1) is 11.1. The van der Waals surface area contributed by atoms with E-state index >= 15 is 0 Å². The van der Waals surface area contributed by atoms with Crippen molar-refractivity contribution in [2.45, 2.75) is 26.2 Å². The minimum Gasteiger partial charge on any atom is -0.427 e. The van der Waals surface area contributed by atoms with Gasteiger partial charge < -0.3 is 10.5 Å². The fourth-order valence-electron chi connectivity index (χ4n) is 2.03. The molecule has 6 heteroatoms. The molecular formula is C17H20FN3O2. The Labute approximate surface area is 134 Å². The molecule has 2 aromatic rings. The molecule has 122 valence electrons. The third-order valence-electron chi connectivity index (χ3n) is 3.31. The normalized spacial score (nSPS) is 11.5. The van der Waals surface area contributed by atoms with Gasteiger partial charge in [-0.1, -0.05) is 19.8 Å². The van der Waals surface area contributed by atoms with E-state index in [2.05, 4.69) is 17.2 Å². The molecule has 1 aromatic heterocycles. The summed E-state index contributed by atoms with van der Waals surface area (Å²) in [4.78, 5) is 16.4. The van der Waals surface area contributed by atoms with Crippen molar-refractivity contribution < 1.29 is 14.4 Å². The van der Waals surface area contributed by atoms with Crippen molar-refractivity contribution in [3.8, 4) is 0 Å². The molecular weight excluding hydrogens is 297 g/mol. The van der Waals surface area contributed by atoms with Crippen molar-refractivity contribution in [2.24, 2.45) is 4.99 Å². The summed E-state index contributed by atoms with van der Waals surface area (Å²) in [5.41, 5.74) is 1.16. The predicted molar refractivity (Wildman–Crippen MR) is 85.9 cm³/mol. The van der Waals surface area contributed by atoms with E-state index < -0.39 is 5.91 Å². The first kappa shape index (κ1) is 16.7. The van der Waals surface area contributed by atoms with Gasteiger partial charge in [-0.25, -0.2) is 4.39 Å². The number of rotatable bonds is 6. The fourth-order valence-corrected chi connectivity index (χ4v) is 2.03. The zero-order valence-corrected chi connectivity index (χ0v) is 13.0. The smallest absolute Gasteiger partial charge is 0.257 e. The Morgan fingerprint density at radius 1 is 1.22 bits per heavy atom. The van der Waals surface area contributed by atoms with Gasteiger partial charge in [0, 0.05) is 12.2 Å². The van der Waals surface area contributed by atoms with E-state index in [4.69, 9.17) is 0 Å². The molecule has 0 bridgehead atoms. The summed E-state index contributed by atoms with van der Waals surface area (Å²) in [6.07, 6.45) is 4.46. The van der Waals surface area contributed by atoms with Crippen LogP contribution in [0.4, 0.5) is 10.1 Å². The molecule has 0 aliphatic heterocycles. The van der Waals surface area contributed by atoms with Crippen molar-refractivity contribution >= 4 is 11.6 Å². The summed E-state index contributed by atoms with van der Waals surface area (Å²) in [5, 5.41) is 12.5. The van der Waals surface area contributed by atoms with Gasteiger partial charge in [0.1, 0.15) is 5.82 Å². The number of hydrogen-bond donors (Lipinski definition) is 2. The van der Waals surface area contributed by atoms with E-state index in [1.807, 2.05) is 0 Å². The average Bonchev–Trinajstić information content (AvgIpc) is 2.55. The van der Waals surface area contributed by atoms with E-state index in [0.29, 0.717) is 17.7 Å². The Morgan fingerprint density at radius 3 is 2.61 bits per heavy atom. The van der Waals surface area contributed by atoms with Gasteiger partial charge in [-0.2, -0.15) is 4.73 Å². The van der Waals surface area contributed by atoms with Crippen LogP contribution in [0.3, 0.4) is 0 Å². The highest BCUT2D eigenvalue weighted by Gasteiger charge is 2.07. The molecule has 0 atom stereocenters. The Morgan fingerprint density at radius 2 is 1.96 bits per heavy atom. The lowest BCUT2D eigenvalue weighted by atomic mass is 10.2. The summed E-state index contributed by atoms with van der Waals surface area (Å²) >= 11 is 0. The maximum atomic E-state index is 12.8. The van der Waals surface area contributed by atoms with Crippen molar-refractivity contribution in [1.29, 1.82) is 0 Å². The summed E-state index contributed by atoms with van der Waals surface area (Å²) in [6, 6.07) is 8.64. The van der Waals surface area contributed by atoms with Crippen LogP contribution in [0, 0.1) is 5.82 Å². The Bertz CT molecular complexity index is 723. The van der Waals surface area contributed by atoms with Gasteiger partial charge in [0.15, 0.2) is 5.49 Å². The van der Waals surface area contributed by atoms with Crippen LogP contribution >= 0.6 is 0 Å². The van der Waals surface area contributed by atoms with Crippen LogP contribution in [0.5, 0.6) is 0 Å². The number of carbonyl (C=O) groups excluding carboxylic acids is 1. The Kier molecular flexibility index (Phi) is 5.91. The largest absolute Gasteiger partial charge is 0.427 e. The van der Waals surface area contributed by atoms with Crippen LogP contribution in [-0.2, 0) is 0 Å². The zero-order chi connectivity index (χ0) is 16.7. The number of benzene rings is 1. The number of carbonyl (C=O) groups is 1. The third kappa shape index (κ3) is 4.95. The van der Waals surface area contributed by atoms with E-state index in [-0.39, 0.29) is 11.4 Å². The van der Waals surface area contributed by atoms with Crippen LogP contribution < -0.4 is 10.8 Å². The average molecular weight is 317 g/mol. The first-order valence-electron chi connectivity index (χ1n) is 7.59. The van der Waals surface area contributed by atoms with Crippen LogP contribution in [0.2, 0.25) is 0 Å². The number of aromatic nitrogens is 1. The summed E-state index contributed by atoms with van der Waals surface area (Å²) in [5.74, 6) is -0.762. The molecule has 5 nitrogen and oxygen atoms in total. The van der Waals surface area contributed by atoms with Gasteiger partial charge in [0.2, 0.25) is 0 Å². The number of pyridine rings is 1. The second kappa shape index (κ2) is 8.12. The molecule has 2 N–H and O–H groups in total. The highest BCUT2D eigenvalue weighted by atomic mass is 19.1. The minimum atomic E-state index is -0.392. The summed E-state index contributed by atoms with van der Waals surface area (Å²) in [6.45, 7) is 2.75. The molecule has 0 radical (unpaired) electrons. The third-order valence-corrected chi connectivity index (χ3v) is 3.31. The van der Waals surface area contributed by atoms with E-state index in [1.165, 1.54) is 30.5 Å². The molecule has 0 aliphatic carbocycles. The Hall–Kier alpha value is -2.63. The van der Waals surface area contributed by atoms with Crippen LogP contribution in [0.25, 0.3) is 0 Å². The van der Waals surface area contributed by atoms with Gasteiger partial charge >= 0.3 is 0 Å². The molecule has 2 rings (SSSR count). The predicted octanol–water partition coefficient (Wildman–Crippen LogP) is 3.21. The number of halogens is 1. The van der Waals surface area contributed by atoms with Crippen LogP contribution in [0.15, 0.2) is 47.6 Å². The molecule has 0 unspecified atom stereocenters. The second-order valence-electron chi connectivity index (χ2n) is 5.17. The maximum absolute atomic E-state index is 12.8. The monoisotopic (exact) mass is 317 g/mol. The number of unbranched alkanes of at least 4 members (excludes halogenated alkanes) is 2. The SMILES string of the molecule is CCCCCN=c1ccc(C(=O)Nc2ccc(F)cc2)cn1O. The molecule has 0 saturated carbocycles. The number of anilines is 1. The van der Waals surface area contributed by atoms with Crippen molar-refractivity contribution in [2.75, 3.05) is 11.9 Å². The van der Waals surface area contributed by atoms with Gasteiger partial charge in [0.25, 0.3) is 5.91 Å². The van der Waals surface area contributed by atoms with Crippen molar-refractivity contribution in [3.05, 3.63) is 59.5 Å². The molecule has 0 spiro atoms. The van der Waals surface area contributed by atoms with Crippen molar-refractivity contribution in [1.82, 2.24) is 4.73 Å². The quantitative estimate of drug-likeness (QED) is 0.634. The molecule has 1 heterocycles. The van der Waals surface area contributed by atoms with Crippen molar-refractivity contribution in [3.63, 3.8) is 0 Å². The number of amides is 1. The minimum absolute atomic E-state index is 0.282. The van der Waals surface area contributed by atoms with Crippen LogP contribution in [-0.4, -0.2) is 22.4 Å². The standard InChI is InChI=1S/C17H20FN3O2/c1-2-3-4-11-19-16-10-5-13(12-21(16)23)17(22)20-15-8-6-14(18)7-9-15/h5-10,12,23H,2-4,11H2,1H3,(H,20,22). The molecule has 23 heavy (non-hydrogen) atoms. The van der Waals surface area contributed by atoms with Gasteiger partial charge in [-0.05, 0) is 42.8 Å². The van der Waals surface area contributed by atoms with E-state index in [9.17, 15) is 14.4 Å². The maximum Gasteiger partial charge on any atom is 0.257 e. The first-order valence-corrected chi connectivity index (χ1v) is 7.59. The van der Waals surface area contributed by atoms with Crippen LogP contribution in [0.1, 0.15) is 36.5 Å². The lowest BCUT2D eigenvalue weighted by molar-refractivity contribution is 0.102. The van der Waals surface area contributed by atoms with Gasteiger partial charge in [-0.3, -0.25) is 9.79 Å². The fraction of sp³-hybridized carbons (Fsp3) is 0.294. The topological polar surface area (TPSA) is 66.6 Å². The number of nitrogens with one attached hydrogen (secondary N) is 1. The lowest BCUT2D eigenvalue weighted by Crippen LogP contribution is -2.22. The molecule has 0 aliphatic rings. The number of hydrogen-bond acceptors (Lipinski definition) is 3. The Balaban J connectivity index is 2.06. The molecule has 0 saturated heterocycles.